The summed E-state index contributed by atoms with van der Waals surface area (Å²) in [6.45, 7) is 0. The topological polar surface area (TPSA) is 30.0 Å². The molecule has 1 aromatic heterocycles. The average Bonchev–Trinajstić information content (AvgIpc) is 2.32. The molecule has 0 bridgehead atoms. The molecule has 59 valence electrons. The Balaban J connectivity index is 2.98. The van der Waals surface area contributed by atoms with Crippen LogP contribution in [-0.2, 0) is 11.0 Å². The molecule has 0 saturated carbocycles. The lowest BCUT2D eigenvalue weighted by atomic mass is 10.5. The van der Waals surface area contributed by atoms with Crippen LogP contribution >= 0.6 is 11.3 Å². The second kappa shape index (κ2) is 2.61. The summed E-state index contributed by atoms with van der Waals surface area (Å²) >= 11 is 0.382. The van der Waals surface area contributed by atoms with Crippen molar-refractivity contribution < 1.29 is 18.0 Å². The van der Waals surface area contributed by atoms with Crippen molar-refractivity contribution in [3.05, 3.63) is 16.1 Å². The number of carbonyl (C=O) groups excluding carboxylic acids is 1. The molecule has 0 aliphatic rings. The van der Waals surface area contributed by atoms with Crippen molar-refractivity contribution >= 4 is 17.6 Å². The third-order valence-electron chi connectivity index (χ3n) is 0.851. The molecule has 0 aliphatic carbocycles. The first kappa shape index (κ1) is 8.19. The maximum atomic E-state index is 11.8. The third-order valence-corrected chi connectivity index (χ3v) is 1.74. The Morgan fingerprint density at radius 2 is 2.18 bits per heavy atom. The minimum absolute atomic E-state index is 0.303. The van der Waals surface area contributed by atoms with E-state index in [2.05, 4.69) is 4.98 Å². The number of rotatable bonds is 1. The SMILES string of the molecule is O=[C]c1csc(C(F)(F)F)n1. The number of hydrogen-bond acceptors (Lipinski definition) is 3. The molecule has 0 aromatic carbocycles. The molecular formula is C5HF3NOS. The molecule has 0 saturated heterocycles. The first-order chi connectivity index (χ1) is 5.04. The maximum absolute atomic E-state index is 11.8. The lowest BCUT2D eigenvalue weighted by Crippen LogP contribution is -2.03. The van der Waals surface area contributed by atoms with Gasteiger partial charge in [-0.05, 0) is 0 Å². The van der Waals surface area contributed by atoms with E-state index >= 15 is 0 Å². The van der Waals surface area contributed by atoms with Crippen molar-refractivity contribution in [3.63, 3.8) is 0 Å². The van der Waals surface area contributed by atoms with E-state index in [-0.39, 0.29) is 5.69 Å². The van der Waals surface area contributed by atoms with Gasteiger partial charge in [0.1, 0.15) is 5.69 Å². The van der Waals surface area contributed by atoms with Gasteiger partial charge in [-0.15, -0.1) is 11.3 Å². The summed E-state index contributed by atoms with van der Waals surface area (Å²) in [5.74, 6) is 0. The van der Waals surface area contributed by atoms with E-state index in [1.807, 2.05) is 0 Å². The van der Waals surface area contributed by atoms with Crippen LogP contribution in [0.15, 0.2) is 5.38 Å². The fraction of sp³-hybridized carbons (Fsp3) is 0.200. The number of aromatic nitrogens is 1. The molecule has 1 aromatic rings. The smallest absolute Gasteiger partial charge is 0.283 e. The molecule has 1 heterocycles. The second-order valence-corrected chi connectivity index (χ2v) is 2.50. The molecule has 0 unspecified atom stereocenters. The predicted octanol–water partition coefficient (Wildman–Crippen LogP) is 1.62. The van der Waals surface area contributed by atoms with E-state index < -0.39 is 11.2 Å². The molecule has 1 radical (unpaired) electrons. The standard InChI is InChI=1S/C5HF3NOS/c6-5(7,8)4-9-3(1-10)2-11-4/h2H. The molecule has 0 fully saturated rings. The summed E-state index contributed by atoms with van der Waals surface area (Å²) in [4.78, 5) is 12.8. The van der Waals surface area contributed by atoms with Crippen LogP contribution in [0.4, 0.5) is 13.2 Å². The van der Waals surface area contributed by atoms with Crippen LogP contribution in [0.3, 0.4) is 0 Å². The van der Waals surface area contributed by atoms with Crippen molar-refractivity contribution in [2.24, 2.45) is 0 Å². The van der Waals surface area contributed by atoms with Gasteiger partial charge < -0.3 is 0 Å². The van der Waals surface area contributed by atoms with Crippen molar-refractivity contribution in [1.82, 2.24) is 4.98 Å². The Morgan fingerprint density at radius 3 is 2.45 bits per heavy atom. The highest BCUT2D eigenvalue weighted by Gasteiger charge is 2.34. The van der Waals surface area contributed by atoms with Gasteiger partial charge in [0.05, 0.1) is 0 Å². The minimum Gasteiger partial charge on any atom is -0.283 e. The van der Waals surface area contributed by atoms with E-state index in [1.54, 1.807) is 0 Å². The fourth-order valence-electron chi connectivity index (χ4n) is 0.451. The normalized spacial score (nSPS) is 11.5. The minimum atomic E-state index is -4.46. The quantitative estimate of drug-likeness (QED) is 0.657. The number of nitrogens with zero attached hydrogens (tertiary/aromatic N) is 1. The van der Waals surface area contributed by atoms with Crippen molar-refractivity contribution in [1.29, 1.82) is 0 Å². The Kier molecular flexibility index (Phi) is 1.95. The van der Waals surface area contributed by atoms with Gasteiger partial charge in [-0.2, -0.15) is 13.2 Å². The van der Waals surface area contributed by atoms with Gasteiger partial charge in [-0.3, -0.25) is 4.79 Å². The lowest BCUT2D eigenvalue weighted by molar-refractivity contribution is -0.137. The molecule has 0 spiro atoms. The maximum Gasteiger partial charge on any atom is 0.443 e. The van der Waals surface area contributed by atoms with Crippen LogP contribution in [-0.4, -0.2) is 11.3 Å². The van der Waals surface area contributed by atoms with E-state index in [9.17, 15) is 18.0 Å². The zero-order valence-corrected chi connectivity index (χ0v) is 5.79. The molecule has 0 atom stereocenters. The Hall–Kier alpha value is -0.910. The highest BCUT2D eigenvalue weighted by molar-refractivity contribution is 7.09. The highest BCUT2D eigenvalue weighted by Crippen LogP contribution is 2.31. The second-order valence-electron chi connectivity index (χ2n) is 1.64. The number of thiazole rings is 1. The van der Waals surface area contributed by atoms with Gasteiger partial charge in [0, 0.05) is 5.38 Å². The highest BCUT2D eigenvalue weighted by atomic mass is 32.1. The number of alkyl halides is 3. The summed E-state index contributed by atoms with van der Waals surface area (Å²) in [7, 11) is 0. The summed E-state index contributed by atoms with van der Waals surface area (Å²) < 4.78 is 35.3. The van der Waals surface area contributed by atoms with Gasteiger partial charge in [0.25, 0.3) is 6.29 Å². The van der Waals surface area contributed by atoms with E-state index in [0.717, 1.165) is 5.38 Å². The zero-order chi connectivity index (χ0) is 8.48. The Labute approximate surface area is 63.7 Å². The number of hydrogen-bond donors (Lipinski definition) is 0. The summed E-state index contributed by atoms with van der Waals surface area (Å²) in [6, 6.07) is 0. The van der Waals surface area contributed by atoms with Crippen LogP contribution in [0.5, 0.6) is 0 Å². The summed E-state index contributed by atoms with van der Waals surface area (Å²) in [5, 5.41) is -0.00799. The molecule has 0 aliphatic heterocycles. The van der Waals surface area contributed by atoms with E-state index in [1.165, 1.54) is 6.29 Å². The Morgan fingerprint density at radius 1 is 1.55 bits per heavy atom. The molecule has 0 N–H and O–H groups in total. The first-order valence-corrected chi connectivity index (χ1v) is 3.33. The molecule has 11 heavy (non-hydrogen) atoms. The molecule has 1 rings (SSSR count). The monoisotopic (exact) mass is 180 g/mol. The van der Waals surface area contributed by atoms with E-state index in [4.69, 9.17) is 0 Å². The average molecular weight is 180 g/mol. The zero-order valence-electron chi connectivity index (χ0n) is 4.97. The van der Waals surface area contributed by atoms with Crippen LogP contribution < -0.4 is 0 Å². The molecule has 6 heteroatoms. The first-order valence-electron chi connectivity index (χ1n) is 2.45. The van der Waals surface area contributed by atoms with Crippen LogP contribution in [0.1, 0.15) is 10.7 Å². The molecular weight excluding hydrogens is 179 g/mol. The van der Waals surface area contributed by atoms with Crippen molar-refractivity contribution in [2.45, 2.75) is 6.18 Å². The van der Waals surface area contributed by atoms with Crippen LogP contribution in [0, 0.1) is 0 Å². The van der Waals surface area contributed by atoms with Crippen LogP contribution in [0.2, 0.25) is 0 Å². The van der Waals surface area contributed by atoms with Crippen molar-refractivity contribution in [3.8, 4) is 0 Å². The predicted molar refractivity (Wildman–Crippen MR) is 31.9 cm³/mol. The largest absolute Gasteiger partial charge is 0.443 e. The van der Waals surface area contributed by atoms with Crippen molar-refractivity contribution in [2.75, 3.05) is 0 Å². The third kappa shape index (κ3) is 1.76. The van der Waals surface area contributed by atoms with Gasteiger partial charge in [-0.1, -0.05) is 0 Å². The molecule has 2 nitrogen and oxygen atoms in total. The molecule has 0 amide bonds. The van der Waals surface area contributed by atoms with Gasteiger partial charge >= 0.3 is 6.18 Å². The summed E-state index contributed by atoms with van der Waals surface area (Å²) in [6.07, 6.45) is -3.19. The lowest BCUT2D eigenvalue weighted by Gasteiger charge is -1.98. The van der Waals surface area contributed by atoms with E-state index in [0.29, 0.717) is 11.3 Å². The van der Waals surface area contributed by atoms with Gasteiger partial charge in [0.2, 0.25) is 0 Å². The summed E-state index contributed by atoms with van der Waals surface area (Å²) in [5.41, 5.74) is -0.303. The number of halogens is 3. The van der Waals surface area contributed by atoms with Crippen LogP contribution in [0.25, 0.3) is 0 Å². The van der Waals surface area contributed by atoms with Gasteiger partial charge in [-0.25, -0.2) is 4.98 Å². The Bertz CT molecular complexity index is 267. The fourth-order valence-corrected chi connectivity index (χ4v) is 1.06. The van der Waals surface area contributed by atoms with Gasteiger partial charge in [0.15, 0.2) is 5.01 Å².